The first-order valence-electron chi connectivity index (χ1n) is 9.73. The Morgan fingerprint density at radius 1 is 1.00 bits per heavy atom. The molecule has 0 atom stereocenters. The fourth-order valence-corrected chi connectivity index (χ4v) is 3.23. The highest BCUT2D eigenvalue weighted by molar-refractivity contribution is 6.07. The number of amides is 2. The lowest BCUT2D eigenvalue weighted by molar-refractivity contribution is 0.0997. The number of anilines is 1. The van der Waals surface area contributed by atoms with E-state index < -0.39 is 5.91 Å². The van der Waals surface area contributed by atoms with Crippen LogP contribution in [0.15, 0.2) is 72.8 Å². The average molecular weight is 415 g/mol. The van der Waals surface area contributed by atoms with Gasteiger partial charge in [-0.2, -0.15) is 0 Å². The number of aromatic nitrogens is 1. The number of aromatic amines is 1. The zero-order valence-electron chi connectivity index (χ0n) is 16.6. The summed E-state index contributed by atoms with van der Waals surface area (Å²) in [6.07, 6.45) is 0.580. The van der Waals surface area contributed by atoms with Crippen molar-refractivity contribution in [2.45, 2.75) is 6.42 Å². The molecule has 5 N–H and O–H groups in total. The highest BCUT2D eigenvalue weighted by atomic mass is 16.5. The molecule has 0 bridgehead atoms. The van der Waals surface area contributed by atoms with E-state index in [1.54, 1.807) is 36.4 Å². The molecule has 0 aliphatic rings. The van der Waals surface area contributed by atoms with E-state index in [2.05, 4.69) is 10.3 Å². The second-order valence-corrected chi connectivity index (χ2v) is 7.06. The number of para-hydroxylation sites is 1. The predicted octanol–water partition coefficient (Wildman–Crippen LogP) is 3.85. The number of aromatic hydroxyl groups is 1. The first-order valence-corrected chi connectivity index (χ1v) is 9.73. The molecule has 2 amide bonds. The Morgan fingerprint density at radius 2 is 1.77 bits per heavy atom. The van der Waals surface area contributed by atoms with Gasteiger partial charge in [0.2, 0.25) is 5.91 Å². The molecular formula is C24H21N3O4. The number of rotatable bonds is 7. The summed E-state index contributed by atoms with van der Waals surface area (Å²) in [5.41, 5.74) is 8.36. The van der Waals surface area contributed by atoms with Gasteiger partial charge in [-0.05, 0) is 48.0 Å². The van der Waals surface area contributed by atoms with Gasteiger partial charge in [0.1, 0.15) is 17.2 Å². The van der Waals surface area contributed by atoms with Crippen molar-refractivity contribution in [3.05, 3.63) is 89.6 Å². The van der Waals surface area contributed by atoms with Crippen LogP contribution in [0.25, 0.3) is 10.9 Å². The van der Waals surface area contributed by atoms with Crippen molar-refractivity contribution < 1.29 is 19.4 Å². The van der Waals surface area contributed by atoms with E-state index >= 15 is 0 Å². The minimum atomic E-state index is -0.586. The van der Waals surface area contributed by atoms with E-state index in [-0.39, 0.29) is 17.2 Å². The van der Waals surface area contributed by atoms with Crippen LogP contribution in [0.5, 0.6) is 11.5 Å². The number of carbonyl (C=O) groups excluding carboxylic acids is 2. The number of fused-ring (bicyclic) bond motifs is 1. The van der Waals surface area contributed by atoms with Gasteiger partial charge in [-0.3, -0.25) is 9.59 Å². The van der Waals surface area contributed by atoms with Crippen molar-refractivity contribution in [1.29, 1.82) is 0 Å². The van der Waals surface area contributed by atoms with Crippen LogP contribution in [-0.4, -0.2) is 28.5 Å². The van der Waals surface area contributed by atoms with Crippen LogP contribution in [0.4, 0.5) is 5.69 Å². The van der Waals surface area contributed by atoms with Gasteiger partial charge in [0, 0.05) is 22.9 Å². The molecule has 0 unspecified atom stereocenters. The van der Waals surface area contributed by atoms with E-state index in [0.717, 1.165) is 16.5 Å². The third-order valence-electron chi connectivity index (χ3n) is 4.87. The fourth-order valence-electron chi connectivity index (χ4n) is 3.23. The molecule has 1 aromatic heterocycles. The van der Waals surface area contributed by atoms with E-state index in [0.29, 0.717) is 30.2 Å². The molecule has 0 aliphatic carbocycles. The number of ether oxygens (including phenoxy) is 1. The van der Waals surface area contributed by atoms with Gasteiger partial charge in [0.15, 0.2) is 0 Å². The van der Waals surface area contributed by atoms with Crippen molar-refractivity contribution in [1.82, 2.24) is 4.98 Å². The standard InChI is InChI=1S/C24H21N3O4/c25-23(29)17-7-10-20(22(14-17)31-12-11-15-5-8-18(28)9-6-15)27-24(30)21-13-16-3-1-2-4-19(16)26-21/h1-10,13-14,26,28H,11-12H2,(H2,25,29)(H,27,30). The molecule has 31 heavy (non-hydrogen) atoms. The normalized spacial score (nSPS) is 10.7. The molecule has 0 radical (unpaired) electrons. The number of H-pyrrole nitrogens is 1. The summed E-state index contributed by atoms with van der Waals surface area (Å²) >= 11 is 0. The minimum Gasteiger partial charge on any atom is -0.508 e. The van der Waals surface area contributed by atoms with Crippen molar-refractivity contribution in [3.8, 4) is 11.5 Å². The molecule has 3 aromatic carbocycles. The Labute approximate surface area is 178 Å². The monoisotopic (exact) mass is 415 g/mol. The first-order chi connectivity index (χ1) is 15.0. The molecule has 1 heterocycles. The molecule has 4 rings (SSSR count). The molecule has 0 aliphatic heterocycles. The Bertz CT molecular complexity index is 1210. The summed E-state index contributed by atoms with van der Waals surface area (Å²) in [6, 6.07) is 20.8. The van der Waals surface area contributed by atoms with Crippen molar-refractivity contribution in [2.24, 2.45) is 5.73 Å². The summed E-state index contributed by atoms with van der Waals surface area (Å²) in [5, 5.41) is 13.1. The number of primary amides is 1. The van der Waals surface area contributed by atoms with Gasteiger partial charge in [-0.15, -0.1) is 0 Å². The van der Waals surface area contributed by atoms with Crippen molar-refractivity contribution in [2.75, 3.05) is 11.9 Å². The number of phenols is 1. The number of nitrogens with one attached hydrogen (secondary N) is 2. The van der Waals surface area contributed by atoms with Gasteiger partial charge in [-0.25, -0.2) is 0 Å². The number of hydrogen-bond acceptors (Lipinski definition) is 4. The summed E-state index contributed by atoms with van der Waals surface area (Å²) in [6.45, 7) is 0.308. The second-order valence-electron chi connectivity index (χ2n) is 7.06. The maximum atomic E-state index is 12.8. The Kier molecular flexibility index (Phi) is 5.57. The smallest absolute Gasteiger partial charge is 0.272 e. The van der Waals surface area contributed by atoms with Crippen LogP contribution < -0.4 is 15.8 Å². The summed E-state index contributed by atoms with van der Waals surface area (Å²) in [4.78, 5) is 27.4. The maximum Gasteiger partial charge on any atom is 0.272 e. The largest absolute Gasteiger partial charge is 0.508 e. The van der Waals surface area contributed by atoms with E-state index in [1.165, 1.54) is 12.1 Å². The van der Waals surface area contributed by atoms with Crippen LogP contribution in [0.1, 0.15) is 26.4 Å². The van der Waals surface area contributed by atoms with Crippen LogP contribution in [0.2, 0.25) is 0 Å². The van der Waals surface area contributed by atoms with Crippen molar-refractivity contribution in [3.63, 3.8) is 0 Å². The summed E-state index contributed by atoms with van der Waals surface area (Å²) in [7, 11) is 0. The topological polar surface area (TPSA) is 117 Å². The molecule has 7 nitrogen and oxygen atoms in total. The highest BCUT2D eigenvalue weighted by Gasteiger charge is 2.14. The lowest BCUT2D eigenvalue weighted by Gasteiger charge is -2.13. The quantitative estimate of drug-likeness (QED) is 0.367. The molecule has 0 spiro atoms. The third-order valence-corrected chi connectivity index (χ3v) is 4.87. The second kappa shape index (κ2) is 8.62. The molecule has 0 fully saturated rings. The van der Waals surface area contributed by atoms with Crippen LogP contribution in [-0.2, 0) is 6.42 Å². The predicted molar refractivity (Wildman–Crippen MR) is 119 cm³/mol. The number of benzene rings is 3. The van der Waals surface area contributed by atoms with Crippen LogP contribution >= 0.6 is 0 Å². The Balaban J connectivity index is 1.52. The number of nitrogens with two attached hydrogens (primary N) is 1. The Hall–Kier alpha value is -4.26. The fraction of sp³-hybridized carbons (Fsp3) is 0.0833. The molecule has 0 saturated heterocycles. The number of hydrogen-bond donors (Lipinski definition) is 4. The van der Waals surface area contributed by atoms with Gasteiger partial charge in [0.25, 0.3) is 5.91 Å². The van der Waals surface area contributed by atoms with Gasteiger partial charge < -0.3 is 25.9 Å². The van der Waals surface area contributed by atoms with Gasteiger partial charge >= 0.3 is 0 Å². The molecule has 0 saturated carbocycles. The number of phenolic OH excluding ortho intramolecular Hbond substituents is 1. The van der Waals surface area contributed by atoms with Gasteiger partial charge in [0.05, 0.1) is 12.3 Å². The molecule has 156 valence electrons. The zero-order chi connectivity index (χ0) is 21.8. The maximum absolute atomic E-state index is 12.8. The minimum absolute atomic E-state index is 0.195. The molecule has 4 aromatic rings. The van der Waals surface area contributed by atoms with E-state index in [9.17, 15) is 14.7 Å². The van der Waals surface area contributed by atoms with Gasteiger partial charge in [-0.1, -0.05) is 30.3 Å². The third kappa shape index (κ3) is 4.67. The first kappa shape index (κ1) is 20.0. The lowest BCUT2D eigenvalue weighted by Crippen LogP contribution is -2.15. The van der Waals surface area contributed by atoms with E-state index in [4.69, 9.17) is 10.5 Å². The highest BCUT2D eigenvalue weighted by Crippen LogP contribution is 2.27. The number of carbonyl (C=O) groups is 2. The van der Waals surface area contributed by atoms with Crippen molar-refractivity contribution >= 4 is 28.4 Å². The Morgan fingerprint density at radius 3 is 2.52 bits per heavy atom. The average Bonchev–Trinajstić information content (AvgIpc) is 3.20. The molecular weight excluding hydrogens is 394 g/mol. The van der Waals surface area contributed by atoms with Crippen LogP contribution in [0.3, 0.4) is 0 Å². The zero-order valence-corrected chi connectivity index (χ0v) is 16.6. The molecule has 7 heteroatoms. The lowest BCUT2D eigenvalue weighted by atomic mass is 10.1. The van der Waals surface area contributed by atoms with Crippen LogP contribution in [0, 0.1) is 0 Å². The summed E-state index contributed by atoms with van der Waals surface area (Å²) < 4.78 is 5.86. The van der Waals surface area contributed by atoms with E-state index in [1.807, 2.05) is 24.3 Å². The SMILES string of the molecule is NC(=O)c1ccc(NC(=O)c2cc3ccccc3[nH]2)c(OCCc2ccc(O)cc2)c1. The summed E-state index contributed by atoms with van der Waals surface area (Å²) in [5.74, 6) is -0.372.